The number of halogens is 1. The van der Waals surface area contributed by atoms with Crippen LogP contribution in [0.5, 0.6) is 0 Å². The lowest BCUT2D eigenvalue weighted by molar-refractivity contribution is -0.176. The van der Waals surface area contributed by atoms with Crippen LogP contribution < -0.4 is 5.32 Å². The Hall–Kier alpha value is -1.62. The van der Waals surface area contributed by atoms with Crippen molar-refractivity contribution in [2.75, 3.05) is 25.1 Å². The maximum Gasteiger partial charge on any atom is 0.316 e. The molecule has 0 saturated carbocycles. The van der Waals surface area contributed by atoms with Crippen LogP contribution in [0.2, 0.25) is 0 Å². The topological polar surface area (TPSA) is 58.6 Å². The van der Waals surface area contributed by atoms with Crippen molar-refractivity contribution < 1.29 is 19.0 Å². The van der Waals surface area contributed by atoms with Crippen LogP contribution in [0.15, 0.2) is 18.2 Å². The van der Waals surface area contributed by atoms with Gasteiger partial charge in [0.15, 0.2) is 0 Å². The van der Waals surface area contributed by atoms with Gasteiger partial charge in [0.2, 0.25) is 0 Å². The van der Waals surface area contributed by atoms with Crippen molar-refractivity contribution in [3.05, 3.63) is 29.6 Å². The lowest BCUT2D eigenvalue weighted by atomic mass is 9.86. The van der Waals surface area contributed by atoms with Crippen LogP contribution in [0.3, 0.4) is 0 Å². The van der Waals surface area contributed by atoms with Gasteiger partial charge in [0, 0.05) is 12.2 Å². The summed E-state index contributed by atoms with van der Waals surface area (Å²) in [6, 6.07) is 4.62. The van der Waals surface area contributed by atoms with E-state index >= 15 is 0 Å². The molecule has 0 radical (unpaired) electrons. The number of carboxylic acids is 1. The molecule has 0 atom stereocenters. The van der Waals surface area contributed by atoms with E-state index in [9.17, 15) is 9.18 Å². The smallest absolute Gasteiger partial charge is 0.316 e. The summed E-state index contributed by atoms with van der Waals surface area (Å²) in [5, 5.41) is 12.1. The molecule has 0 aliphatic carbocycles. The van der Waals surface area contributed by atoms with Gasteiger partial charge in [0.25, 0.3) is 0 Å². The number of benzene rings is 1. The zero-order valence-corrected chi connectivity index (χ0v) is 9.50. The van der Waals surface area contributed by atoms with Gasteiger partial charge in [-0.25, -0.2) is 4.39 Å². The second kappa shape index (κ2) is 4.33. The Kier molecular flexibility index (Phi) is 3.02. The Bertz CT molecular complexity index is 443. The van der Waals surface area contributed by atoms with Crippen LogP contribution in [0.4, 0.5) is 10.1 Å². The highest BCUT2D eigenvalue weighted by atomic mass is 19.1. The highest BCUT2D eigenvalue weighted by Gasteiger charge is 2.46. The van der Waals surface area contributed by atoms with Crippen molar-refractivity contribution >= 4 is 11.7 Å². The van der Waals surface area contributed by atoms with E-state index in [-0.39, 0.29) is 25.6 Å². The first-order valence-corrected chi connectivity index (χ1v) is 5.35. The van der Waals surface area contributed by atoms with Gasteiger partial charge in [0.05, 0.1) is 13.2 Å². The summed E-state index contributed by atoms with van der Waals surface area (Å²) < 4.78 is 18.0. The van der Waals surface area contributed by atoms with Gasteiger partial charge < -0.3 is 15.2 Å². The van der Waals surface area contributed by atoms with Gasteiger partial charge in [-0.1, -0.05) is 0 Å². The second-order valence-corrected chi connectivity index (χ2v) is 4.40. The van der Waals surface area contributed by atoms with E-state index in [0.29, 0.717) is 5.56 Å². The molecule has 5 heteroatoms. The Morgan fingerprint density at radius 2 is 2.29 bits per heavy atom. The van der Waals surface area contributed by atoms with Gasteiger partial charge in [0.1, 0.15) is 11.2 Å². The molecular weight excluding hydrogens is 225 g/mol. The van der Waals surface area contributed by atoms with Gasteiger partial charge in [-0.05, 0) is 30.7 Å². The minimum atomic E-state index is -0.866. The SMILES string of the molecule is Cc1cc(NCC2(C(=O)O)COC2)ccc1F. The minimum Gasteiger partial charge on any atom is -0.481 e. The third-order valence-electron chi connectivity index (χ3n) is 3.00. The lowest BCUT2D eigenvalue weighted by Crippen LogP contribution is -2.53. The van der Waals surface area contributed by atoms with E-state index in [1.807, 2.05) is 0 Å². The molecule has 1 aromatic carbocycles. The summed E-state index contributed by atoms with van der Waals surface area (Å²) in [5.41, 5.74) is 0.406. The largest absolute Gasteiger partial charge is 0.481 e. The molecule has 1 heterocycles. The number of carbonyl (C=O) groups is 1. The summed E-state index contributed by atoms with van der Waals surface area (Å²) in [6.07, 6.45) is 0. The molecule has 1 aliphatic rings. The summed E-state index contributed by atoms with van der Waals surface area (Å²) in [4.78, 5) is 11.1. The Morgan fingerprint density at radius 3 is 2.76 bits per heavy atom. The minimum absolute atomic E-state index is 0.218. The number of ether oxygens (including phenoxy) is 1. The fraction of sp³-hybridized carbons (Fsp3) is 0.417. The van der Waals surface area contributed by atoms with Crippen LogP contribution in [0.25, 0.3) is 0 Å². The van der Waals surface area contributed by atoms with Crippen molar-refractivity contribution in [3.8, 4) is 0 Å². The van der Waals surface area contributed by atoms with Gasteiger partial charge in [-0.2, -0.15) is 0 Å². The Labute approximate surface area is 98.4 Å². The van der Waals surface area contributed by atoms with Crippen LogP contribution in [-0.2, 0) is 9.53 Å². The number of nitrogens with one attached hydrogen (secondary N) is 1. The predicted molar refractivity (Wildman–Crippen MR) is 60.5 cm³/mol. The molecule has 0 aromatic heterocycles. The summed E-state index contributed by atoms with van der Waals surface area (Å²) >= 11 is 0. The van der Waals surface area contributed by atoms with E-state index in [1.165, 1.54) is 6.07 Å². The second-order valence-electron chi connectivity index (χ2n) is 4.40. The normalized spacial score (nSPS) is 17.3. The molecule has 1 aliphatic heterocycles. The maximum atomic E-state index is 13.0. The number of carboxylic acid groups (broad SMARTS) is 1. The van der Waals surface area contributed by atoms with Gasteiger partial charge >= 0.3 is 5.97 Å². The maximum absolute atomic E-state index is 13.0. The standard InChI is InChI=1S/C12H14FNO3/c1-8-4-9(2-3-10(8)13)14-5-12(11(15)16)6-17-7-12/h2-4,14H,5-7H2,1H3,(H,15,16). The van der Waals surface area contributed by atoms with E-state index in [1.54, 1.807) is 19.1 Å². The number of hydrogen-bond acceptors (Lipinski definition) is 3. The zero-order valence-electron chi connectivity index (χ0n) is 9.50. The van der Waals surface area contributed by atoms with Crippen LogP contribution >= 0.6 is 0 Å². The monoisotopic (exact) mass is 239 g/mol. The molecule has 0 amide bonds. The Morgan fingerprint density at radius 1 is 1.59 bits per heavy atom. The number of rotatable bonds is 4. The number of hydrogen-bond donors (Lipinski definition) is 2. The van der Waals surface area contributed by atoms with Crippen molar-refractivity contribution in [1.82, 2.24) is 0 Å². The Balaban J connectivity index is 2.02. The van der Waals surface area contributed by atoms with Crippen molar-refractivity contribution in [1.29, 1.82) is 0 Å². The molecule has 0 unspecified atom stereocenters. The van der Waals surface area contributed by atoms with Crippen LogP contribution in [-0.4, -0.2) is 30.8 Å². The van der Waals surface area contributed by atoms with Gasteiger partial charge in [-0.3, -0.25) is 4.79 Å². The van der Waals surface area contributed by atoms with Gasteiger partial charge in [-0.15, -0.1) is 0 Å². The average Bonchev–Trinajstić information content (AvgIpc) is 2.21. The molecule has 0 bridgehead atoms. The third kappa shape index (κ3) is 2.24. The summed E-state index contributed by atoms with van der Waals surface area (Å²) in [5.74, 6) is -1.13. The highest BCUT2D eigenvalue weighted by Crippen LogP contribution is 2.28. The number of anilines is 1. The quantitative estimate of drug-likeness (QED) is 0.838. The van der Waals surface area contributed by atoms with E-state index < -0.39 is 11.4 Å². The van der Waals surface area contributed by atoms with Crippen LogP contribution in [0, 0.1) is 18.2 Å². The molecule has 2 rings (SSSR count). The van der Waals surface area contributed by atoms with E-state index in [0.717, 1.165) is 5.69 Å². The zero-order chi connectivity index (χ0) is 12.5. The highest BCUT2D eigenvalue weighted by molar-refractivity contribution is 5.77. The fourth-order valence-corrected chi connectivity index (χ4v) is 1.68. The summed E-state index contributed by atoms with van der Waals surface area (Å²) in [6.45, 7) is 2.39. The molecule has 4 nitrogen and oxygen atoms in total. The third-order valence-corrected chi connectivity index (χ3v) is 3.00. The molecule has 17 heavy (non-hydrogen) atoms. The molecule has 1 fully saturated rings. The number of aliphatic carboxylic acids is 1. The number of aryl methyl sites for hydroxylation is 1. The predicted octanol–water partition coefficient (Wildman–Crippen LogP) is 1.65. The van der Waals surface area contributed by atoms with E-state index in [4.69, 9.17) is 9.84 Å². The van der Waals surface area contributed by atoms with Crippen molar-refractivity contribution in [3.63, 3.8) is 0 Å². The van der Waals surface area contributed by atoms with Crippen molar-refractivity contribution in [2.24, 2.45) is 5.41 Å². The van der Waals surface area contributed by atoms with E-state index in [2.05, 4.69) is 5.32 Å². The molecule has 2 N–H and O–H groups in total. The molecule has 0 spiro atoms. The summed E-state index contributed by atoms with van der Waals surface area (Å²) in [7, 11) is 0. The molecule has 1 saturated heterocycles. The first-order valence-electron chi connectivity index (χ1n) is 5.35. The van der Waals surface area contributed by atoms with Crippen molar-refractivity contribution in [2.45, 2.75) is 6.92 Å². The molecular formula is C12H14FNO3. The molecule has 1 aromatic rings. The first-order chi connectivity index (χ1) is 8.03. The average molecular weight is 239 g/mol. The lowest BCUT2D eigenvalue weighted by Gasteiger charge is -2.37. The fourth-order valence-electron chi connectivity index (χ4n) is 1.68. The van der Waals surface area contributed by atoms with Crippen LogP contribution in [0.1, 0.15) is 5.56 Å². The first kappa shape index (κ1) is 11.9. The molecule has 92 valence electrons.